The van der Waals surface area contributed by atoms with Gasteiger partial charge in [0.05, 0.1) is 0 Å². The van der Waals surface area contributed by atoms with Crippen LogP contribution < -0.4 is 34.7 Å². The number of unbranched alkanes of at least 4 members (excludes halogenated alkanes) is 9. The zero-order valence-corrected chi connectivity index (χ0v) is 16.8. The second kappa shape index (κ2) is 18.5. The van der Waals surface area contributed by atoms with Gasteiger partial charge in [-0.15, -0.1) is 0 Å². The van der Waals surface area contributed by atoms with Gasteiger partial charge in [-0.3, -0.25) is 0 Å². The number of hydrogen-bond acceptors (Lipinski definition) is 2. The monoisotopic (exact) mass is 306 g/mol. The third-order valence-electron chi connectivity index (χ3n) is 4.13. The van der Waals surface area contributed by atoms with Crippen LogP contribution in [-0.2, 0) is 4.79 Å². The Hall–Kier alpha value is 0.470. The smallest absolute Gasteiger partial charge is 0.550 e. The molecule has 0 aromatic heterocycles. The average molecular weight is 306 g/mol. The Morgan fingerprint density at radius 1 is 0.810 bits per heavy atom. The second-order valence-corrected chi connectivity index (χ2v) is 6.34. The first-order valence-corrected chi connectivity index (χ1v) is 8.86. The van der Waals surface area contributed by atoms with Crippen LogP contribution in [0, 0.1) is 5.92 Å². The molecule has 0 aromatic carbocycles. The Morgan fingerprint density at radius 2 is 1.24 bits per heavy atom. The first-order valence-electron chi connectivity index (χ1n) is 8.86. The molecular formula is C18H35NaO2. The number of carbonyl (C=O) groups excluding carboxylic acids is 1. The minimum Gasteiger partial charge on any atom is -0.550 e. The topological polar surface area (TPSA) is 40.1 Å². The molecule has 0 heterocycles. The van der Waals surface area contributed by atoms with Crippen LogP contribution in [0.1, 0.15) is 104 Å². The van der Waals surface area contributed by atoms with E-state index in [9.17, 15) is 9.90 Å². The molecule has 0 saturated carbocycles. The minimum absolute atomic E-state index is 0. The summed E-state index contributed by atoms with van der Waals surface area (Å²) in [4.78, 5) is 10.3. The van der Waals surface area contributed by atoms with Gasteiger partial charge in [0.15, 0.2) is 0 Å². The van der Waals surface area contributed by atoms with Gasteiger partial charge in [-0.05, 0) is 18.8 Å². The van der Waals surface area contributed by atoms with Crippen LogP contribution in [0.5, 0.6) is 0 Å². The number of carboxylic acids is 1. The van der Waals surface area contributed by atoms with E-state index in [1.165, 1.54) is 70.6 Å². The van der Waals surface area contributed by atoms with Crippen LogP contribution in [0.3, 0.4) is 0 Å². The van der Waals surface area contributed by atoms with Crippen molar-refractivity contribution in [2.75, 3.05) is 0 Å². The number of carbonyl (C=O) groups is 1. The Kier molecular flexibility index (Phi) is 20.9. The molecule has 0 N–H and O–H groups in total. The Labute approximate surface area is 154 Å². The summed E-state index contributed by atoms with van der Waals surface area (Å²) in [6.07, 6.45) is 17.1. The van der Waals surface area contributed by atoms with Crippen LogP contribution in [0.4, 0.5) is 0 Å². The molecule has 0 spiro atoms. The summed E-state index contributed by atoms with van der Waals surface area (Å²) in [5.41, 5.74) is 0. The van der Waals surface area contributed by atoms with E-state index in [1.54, 1.807) is 0 Å². The number of hydrogen-bond donors (Lipinski definition) is 0. The van der Waals surface area contributed by atoms with Gasteiger partial charge in [-0.2, -0.15) is 0 Å². The van der Waals surface area contributed by atoms with Crippen molar-refractivity contribution in [1.82, 2.24) is 0 Å². The molecule has 0 radical (unpaired) electrons. The molecular weight excluding hydrogens is 271 g/mol. The van der Waals surface area contributed by atoms with Crippen molar-refractivity contribution < 1.29 is 39.5 Å². The van der Waals surface area contributed by atoms with E-state index < -0.39 is 5.97 Å². The maximum Gasteiger partial charge on any atom is 1.00 e. The molecule has 0 fully saturated rings. The normalized spacial score (nSPS) is 11.9. The van der Waals surface area contributed by atoms with E-state index in [0.29, 0.717) is 5.92 Å². The zero-order valence-electron chi connectivity index (χ0n) is 14.8. The standard InChI is InChI=1S/C18H36O2.Na/c1-3-4-5-6-7-8-9-10-11-12-14-17(2)15-13-16-18(19)20;/h17H,3-16H2,1-2H3,(H,19,20);/q;+1/p-1. The summed E-state index contributed by atoms with van der Waals surface area (Å²) in [5, 5.41) is 10.3. The quantitative estimate of drug-likeness (QED) is 0.342. The fraction of sp³-hybridized carbons (Fsp3) is 0.944. The summed E-state index contributed by atoms with van der Waals surface area (Å²) in [5.74, 6) is -0.237. The molecule has 0 rings (SSSR count). The maximum atomic E-state index is 10.3. The fourth-order valence-electron chi connectivity index (χ4n) is 2.72. The van der Waals surface area contributed by atoms with Crippen LogP contribution >= 0.6 is 0 Å². The maximum absolute atomic E-state index is 10.3. The van der Waals surface area contributed by atoms with E-state index in [4.69, 9.17) is 0 Å². The molecule has 1 unspecified atom stereocenters. The van der Waals surface area contributed by atoms with Gasteiger partial charge >= 0.3 is 29.6 Å². The molecule has 21 heavy (non-hydrogen) atoms. The molecule has 0 aliphatic carbocycles. The van der Waals surface area contributed by atoms with Gasteiger partial charge in [0, 0.05) is 5.97 Å². The molecule has 120 valence electrons. The minimum atomic E-state index is -0.906. The van der Waals surface area contributed by atoms with Crippen molar-refractivity contribution in [1.29, 1.82) is 0 Å². The largest absolute Gasteiger partial charge is 1.00 e. The summed E-state index contributed by atoms with van der Waals surface area (Å²) in [6.45, 7) is 4.50. The average Bonchev–Trinajstić information content (AvgIpc) is 2.40. The van der Waals surface area contributed by atoms with Crippen LogP contribution in [-0.4, -0.2) is 5.97 Å². The zero-order chi connectivity index (χ0) is 15.1. The molecule has 2 nitrogen and oxygen atoms in total. The van der Waals surface area contributed by atoms with Crippen molar-refractivity contribution >= 4 is 5.97 Å². The van der Waals surface area contributed by atoms with Crippen LogP contribution in [0.15, 0.2) is 0 Å². The van der Waals surface area contributed by atoms with Crippen LogP contribution in [0.2, 0.25) is 0 Å². The van der Waals surface area contributed by atoms with Gasteiger partial charge in [0.2, 0.25) is 0 Å². The fourth-order valence-corrected chi connectivity index (χ4v) is 2.72. The van der Waals surface area contributed by atoms with Crippen molar-refractivity contribution in [2.24, 2.45) is 5.92 Å². The Bertz CT molecular complexity index is 219. The number of rotatable bonds is 15. The number of carboxylic acid groups (broad SMARTS) is 1. The van der Waals surface area contributed by atoms with Gasteiger partial charge in [-0.1, -0.05) is 90.9 Å². The Morgan fingerprint density at radius 3 is 1.71 bits per heavy atom. The van der Waals surface area contributed by atoms with Gasteiger partial charge in [0.25, 0.3) is 0 Å². The van der Waals surface area contributed by atoms with Crippen molar-refractivity contribution in [2.45, 2.75) is 104 Å². The van der Waals surface area contributed by atoms with E-state index in [2.05, 4.69) is 13.8 Å². The molecule has 1 atom stereocenters. The van der Waals surface area contributed by atoms with E-state index in [1.807, 2.05) is 0 Å². The summed E-state index contributed by atoms with van der Waals surface area (Å²) in [6, 6.07) is 0. The van der Waals surface area contributed by atoms with Crippen molar-refractivity contribution in [3.8, 4) is 0 Å². The third-order valence-corrected chi connectivity index (χ3v) is 4.13. The SMILES string of the molecule is CCCCCCCCCCCCC(C)CCCC(=O)[O-].[Na+]. The predicted molar refractivity (Wildman–Crippen MR) is 84.5 cm³/mol. The number of aliphatic carboxylic acids is 1. The van der Waals surface area contributed by atoms with Gasteiger partial charge in [-0.25, -0.2) is 0 Å². The molecule has 3 heteroatoms. The van der Waals surface area contributed by atoms with Gasteiger partial charge in [0.1, 0.15) is 0 Å². The van der Waals surface area contributed by atoms with Crippen molar-refractivity contribution in [3.05, 3.63) is 0 Å². The molecule has 0 aliphatic rings. The third kappa shape index (κ3) is 20.5. The van der Waals surface area contributed by atoms with Gasteiger partial charge < -0.3 is 9.90 Å². The van der Waals surface area contributed by atoms with E-state index in [-0.39, 0.29) is 36.0 Å². The first-order chi connectivity index (χ1) is 9.66. The molecule has 0 saturated heterocycles. The summed E-state index contributed by atoms with van der Waals surface area (Å²) >= 11 is 0. The summed E-state index contributed by atoms with van der Waals surface area (Å²) in [7, 11) is 0. The predicted octanol–water partition coefficient (Wildman–Crippen LogP) is 1.86. The van der Waals surface area contributed by atoms with Crippen LogP contribution in [0.25, 0.3) is 0 Å². The van der Waals surface area contributed by atoms with E-state index in [0.717, 1.165) is 12.8 Å². The van der Waals surface area contributed by atoms with Crippen molar-refractivity contribution in [3.63, 3.8) is 0 Å². The first kappa shape index (κ1) is 23.7. The Balaban J connectivity index is 0. The molecule has 0 aliphatic heterocycles. The van der Waals surface area contributed by atoms with E-state index >= 15 is 0 Å². The molecule has 0 bridgehead atoms. The molecule has 0 aromatic rings. The summed E-state index contributed by atoms with van der Waals surface area (Å²) < 4.78 is 0. The molecule has 0 amide bonds. The second-order valence-electron chi connectivity index (χ2n) is 6.34.